The number of carbonyl (C=O) groups is 1. The van der Waals surface area contributed by atoms with E-state index in [9.17, 15) is 9.18 Å². The van der Waals surface area contributed by atoms with E-state index in [0.717, 1.165) is 32.5 Å². The van der Waals surface area contributed by atoms with Gasteiger partial charge in [-0.25, -0.2) is 9.18 Å². The van der Waals surface area contributed by atoms with Crippen LogP contribution in [0.2, 0.25) is 0 Å². The van der Waals surface area contributed by atoms with E-state index in [1.807, 2.05) is 6.92 Å². The summed E-state index contributed by atoms with van der Waals surface area (Å²) in [6.45, 7) is 5.33. The number of piperidine rings is 1. The maximum absolute atomic E-state index is 13.5. The second-order valence-corrected chi connectivity index (χ2v) is 5.14. The normalized spacial score (nSPS) is 15.9. The van der Waals surface area contributed by atoms with Crippen LogP contribution in [0.3, 0.4) is 0 Å². The summed E-state index contributed by atoms with van der Waals surface area (Å²) in [5.41, 5.74) is 0.237. The SMILES string of the molecule is CCN(CC1CCNCC1)C(=O)Nc1ccccc1F. The highest BCUT2D eigenvalue weighted by atomic mass is 19.1. The number of nitrogens with one attached hydrogen (secondary N) is 2. The molecule has 1 aliphatic rings. The molecule has 0 unspecified atom stereocenters. The predicted molar refractivity (Wildman–Crippen MR) is 78.3 cm³/mol. The quantitative estimate of drug-likeness (QED) is 0.890. The molecular weight excluding hydrogens is 257 g/mol. The summed E-state index contributed by atoms with van der Waals surface area (Å²) >= 11 is 0. The molecule has 110 valence electrons. The van der Waals surface area contributed by atoms with Gasteiger partial charge in [-0.2, -0.15) is 0 Å². The van der Waals surface area contributed by atoms with E-state index in [0.29, 0.717) is 12.5 Å². The Morgan fingerprint density at radius 2 is 2.10 bits per heavy atom. The second kappa shape index (κ2) is 7.24. The number of hydrogen-bond acceptors (Lipinski definition) is 2. The first-order chi connectivity index (χ1) is 9.70. The molecule has 2 rings (SSSR count). The maximum atomic E-state index is 13.5. The molecule has 1 saturated heterocycles. The van der Waals surface area contributed by atoms with Crippen molar-refractivity contribution in [3.63, 3.8) is 0 Å². The molecule has 5 heteroatoms. The van der Waals surface area contributed by atoms with Gasteiger partial charge in [0.05, 0.1) is 5.69 Å². The molecule has 2 N–H and O–H groups in total. The van der Waals surface area contributed by atoms with Crippen LogP contribution in [0, 0.1) is 11.7 Å². The van der Waals surface area contributed by atoms with Gasteiger partial charge >= 0.3 is 6.03 Å². The third-order valence-electron chi connectivity index (χ3n) is 3.72. The van der Waals surface area contributed by atoms with Crippen molar-refractivity contribution in [1.82, 2.24) is 10.2 Å². The van der Waals surface area contributed by atoms with Crippen LogP contribution in [0.4, 0.5) is 14.9 Å². The lowest BCUT2D eigenvalue weighted by Crippen LogP contribution is -2.41. The molecule has 1 fully saturated rings. The lowest BCUT2D eigenvalue weighted by Gasteiger charge is -2.29. The molecule has 20 heavy (non-hydrogen) atoms. The number of benzene rings is 1. The third-order valence-corrected chi connectivity index (χ3v) is 3.72. The number of rotatable bonds is 4. The lowest BCUT2D eigenvalue weighted by atomic mass is 9.98. The van der Waals surface area contributed by atoms with Gasteiger partial charge in [0, 0.05) is 13.1 Å². The molecule has 0 saturated carbocycles. The predicted octanol–water partition coefficient (Wildman–Crippen LogP) is 2.68. The maximum Gasteiger partial charge on any atom is 0.321 e. The molecule has 1 aromatic carbocycles. The van der Waals surface area contributed by atoms with Gasteiger partial charge in [-0.15, -0.1) is 0 Å². The topological polar surface area (TPSA) is 44.4 Å². The van der Waals surface area contributed by atoms with Crippen molar-refractivity contribution in [2.45, 2.75) is 19.8 Å². The van der Waals surface area contributed by atoms with Crippen LogP contribution in [0.5, 0.6) is 0 Å². The van der Waals surface area contributed by atoms with E-state index in [-0.39, 0.29) is 11.7 Å². The molecule has 0 spiro atoms. The number of hydrogen-bond donors (Lipinski definition) is 2. The molecule has 2 amide bonds. The number of para-hydroxylation sites is 1. The highest BCUT2D eigenvalue weighted by molar-refractivity contribution is 5.89. The minimum atomic E-state index is -0.404. The summed E-state index contributed by atoms with van der Waals surface area (Å²) in [7, 11) is 0. The minimum absolute atomic E-state index is 0.226. The van der Waals surface area contributed by atoms with Crippen LogP contribution in [0.1, 0.15) is 19.8 Å². The van der Waals surface area contributed by atoms with Gasteiger partial charge in [0.1, 0.15) is 5.82 Å². The number of urea groups is 1. The summed E-state index contributed by atoms with van der Waals surface area (Å²) in [6, 6.07) is 6.01. The number of amides is 2. The summed E-state index contributed by atoms with van der Waals surface area (Å²) in [5.74, 6) is 0.126. The summed E-state index contributed by atoms with van der Waals surface area (Å²) in [5, 5.41) is 5.96. The Balaban J connectivity index is 1.93. The Morgan fingerprint density at radius 1 is 1.40 bits per heavy atom. The Morgan fingerprint density at radius 3 is 2.75 bits per heavy atom. The van der Waals surface area contributed by atoms with Crippen LogP contribution >= 0.6 is 0 Å². The van der Waals surface area contributed by atoms with Crippen LogP contribution in [0.15, 0.2) is 24.3 Å². The van der Waals surface area contributed by atoms with Crippen molar-refractivity contribution in [2.24, 2.45) is 5.92 Å². The fourth-order valence-corrected chi connectivity index (χ4v) is 2.49. The molecule has 1 aliphatic heterocycles. The van der Waals surface area contributed by atoms with Crippen molar-refractivity contribution in [1.29, 1.82) is 0 Å². The molecular formula is C15H22FN3O. The summed E-state index contributed by atoms with van der Waals surface area (Å²) in [4.78, 5) is 14.0. The van der Waals surface area contributed by atoms with E-state index >= 15 is 0 Å². The Hall–Kier alpha value is -1.62. The Kier molecular flexibility index (Phi) is 5.35. The highest BCUT2D eigenvalue weighted by Gasteiger charge is 2.20. The van der Waals surface area contributed by atoms with Gasteiger partial charge in [-0.05, 0) is 50.9 Å². The van der Waals surface area contributed by atoms with Crippen molar-refractivity contribution in [3.8, 4) is 0 Å². The van der Waals surface area contributed by atoms with Gasteiger partial charge in [0.25, 0.3) is 0 Å². The lowest BCUT2D eigenvalue weighted by molar-refractivity contribution is 0.196. The van der Waals surface area contributed by atoms with Crippen molar-refractivity contribution in [2.75, 3.05) is 31.5 Å². The standard InChI is InChI=1S/C15H22FN3O/c1-2-19(11-12-7-9-17-10-8-12)15(20)18-14-6-4-3-5-13(14)16/h3-6,12,17H,2,7-11H2,1H3,(H,18,20). The largest absolute Gasteiger partial charge is 0.325 e. The van der Waals surface area contributed by atoms with Crippen molar-refractivity contribution in [3.05, 3.63) is 30.1 Å². The summed E-state index contributed by atoms with van der Waals surface area (Å²) < 4.78 is 13.5. The van der Waals surface area contributed by atoms with Crippen LogP contribution in [-0.2, 0) is 0 Å². The number of halogens is 1. The monoisotopic (exact) mass is 279 g/mol. The van der Waals surface area contributed by atoms with Gasteiger partial charge in [-0.1, -0.05) is 12.1 Å². The zero-order chi connectivity index (χ0) is 14.4. The second-order valence-electron chi connectivity index (χ2n) is 5.14. The van der Waals surface area contributed by atoms with Crippen molar-refractivity contribution >= 4 is 11.7 Å². The number of nitrogens with zero attached hydrogens (tertiary/aromatic N) is 1. The number of anilines is 1. The molecule has 4 nitrogen and oxygen atoms in total. The minimum Gasteiger partial charge on any atom is -0.325 e. The average Bonchev–Trinajstić information content (AvgIpc) is 2.48. The van der Waals surface area contributed by atoms with Crippen LogP contribution < -0.4 is 10.6 Å². The first-order valence-electron chi connectivity index (χ1n) is 7.22. The zero-order valence-electron chi connectivity index (χ0n) is 11.9. The van der Waals surface area contributed by atoms with Gasteiger partial charge < -0.3 is 15.5 Å². The molecule has 0 atom stereocenters. The first-order valence-corrected chi connectivity index (χ1v) is 7.22. The molecule has 1 heterocycles. The van der Waals surface area contributed by atoms with Crippen LogP contribution in [-0.4, -0.2) is 37.1 Å². The molecule has 0 bridgehead atoms. The van der Waals surface area contributed by atoms with E-state index in [4.69, 9.17) is 0 Å². The highest BCUT2D eigenvalue weighted by Crippen LogP contribution is 2.16. The summed E-state index contributed by atoms with van der Waals surface area (Å²) in [6.07, 6.45) is 2.17. The number of carbonyl (C=O) groups excluding carboxylic acids is 1. The van der Waals surface area contributed by atoms with E-state index in [2.05, 4.69) is 10.6 Å². The van der Waals surface area contributed by atoms with E-state index in [1.54, 1.807) is 23.1 Å². The van der Waals surface area contributed by atoms with E-state index in [1.165, 1.54) is 6.07 Å². The Labute approximate surface area is 119 Å². The smallest absolute Gasteiger partial charge is 0.321 e. The fourth-order valence-electron chi connectivity index (χ4n) is 2.49. The van der Waals surface area contributed by atoms with Gasteiger partial charge in [0.15, 0.2) is 0 Å². The van der Waals surface area contributed by atoms with Crippen molar-refractivity contribution < 1.29 is 9.18 Å². The molecule has 0 aromatic heterocycles. The fraction of sp³-hybridized carbons (Fsp3) is 0.533. The Bertz CT molecular complexity index is 446. The van der Waals surface area contributed by atoms with E-state index < -0.39 is 5.82 Å². The zero-order valence-corrected chi connectivity index (χ0v) is 11.9. The van der Waals surface area contributed by atoms with Gasteiger partial charge in [0.2, 0.25) is 0 Å². The molecule has 0 radical (unpaired) electrons. The molecule has 1 aromatic rings. The third kappa shape index (κ3) is 3.93. The van der Waals surface area contributed by atoms with Gasteiger partial charge in [-0.3, -0.25) is 0 Å². The average molecular weight is 279 g/mol. The first kappa shape index (κ1) is 14.8. The molecule has 0 aliphatic carbocycles. The van der Waals surface area contributed by atoms with Crippen LogP contribution in [0.25, 0.3) is 0 Å².